The summed E-state index contributed by atoms with van der Waals surface area (Å²) < 4.78 is 1.16. The van der Waals surface area contributed by atoms with Crippen molar-refractivity contribution in [1.82, 2.24) is 5.32 Å². The molecule has 0 aromatic heterocycles. The third-order valence-corrected chi connectivity index (χ3v) is 5.12. The third kappa shape index (κ3) is 2.56. The van der Waals surface area contributed by atoms with Crippen molar-refractivity contribution in [3.05, 3.63) is 33.8 Å². The van der Waals surface area contributed by atoms with Gasteiger partial charge in [0.25, 0.3) is 0 Å². The minimum absolute atomic E-state index is 0.117. The molecular formula is C15H19BrN2O. The second-order valence-corrected chi connectivity index (χ2v) is 6.53. The average molecular weight is 323 g/mol. The van der Waals surface area contributed by atoms with E-state index in [1.807, 2.05) is 6.07 Å². The number of nitrogens with two attached hydrogens (primary N) is 1. The first-order chi connectivity index (χ1) is 9.15. The van der Waals surface area contributed by atoms with E-state index in [0.717, 1.165) is 36.6 Å². The minimum Gasteiger partial charge on any atom is -0.349 e. The molecule has 0 aliphatic heterocycles. The molecule has 3 nitrogen and oxygen atoms in total. The molecule has 1 amide bonds. The molecule has 0 bridgehead atoms. The van der Waals surface area contributed by atoms with Crippen LogP contribution in [0.2, 0.25) is 0 Å². The summed E-state index contributed by atoms with van der Waals surface area (Å²) in [5.74, 6) is 0.303. The second-order valence-electron chi connectivity index (χ2n) is 5.68. The van der Waals surface area contributed by atoms with Crippen molar-refractivity contribution in [2.24, 2.45) is 11.7 Å². The quantitative estimate of drug-likeness (QED) is 0.879. The van der Waals surface area contributed by atoms with Crippen LogP contribution in [0.1, 0.15) is 42.9 Å². The lowest BCUT2D eigenvalue weighted by Crippen LogP contribution is -2.32. The molecule has 3 rings (SSSR count). The zero-order chi connectivity index (χ0) is 13.4. The molecule has 1 aromatic carbocycles. The van der Waals surface area contributed by atoms with Gasteiger partial charge in [0.2, 0.25) is 5.91 Å². The average Bonchev–Trinajstić information content (AvgIpc) is 2.98. The second kappa shape index (κ2) is 5.25. The highest BCUT2D eigenvalue weighted by molar-refractivity contribution is 9.10. The van der Waals surface area contributed by atoms with Gasteiger partial charge >= 0.3 is 0 Å². The summed E-state index contributed by atoms with van der Waals surface area (Å²) in [6.07, 6.45) is 4.79. The topological polar surface area (TPSA) is 55.1 Å². The van der Waals surface area contributed by atoms with Crippen LogP contribution in [0.25, 0.3) is 0 Å². The summed E-state index contributed by atoms with van der Waals surface area (Å²) in [6.45, 7) is 0. The summed E-state index contributed by atoms with van der Waals surface area (Å²) in [4.78, 5) is 12.3. The van der Waals surface area contributed by atoms with Gasteiger partial charge in [-0.25, -0.2) is 0 Å². The number of carbonyl (C=O) groups is 1. The first kappa shape index (κ1) is 13.1. The van der Waals surface area contributed by atoms with Crippen LogP contribution in [-0.2, 0) is 11.2 Å². The molecule has 3 atom stereocenters. The highest BCUT2D eigenvalue weighted by atomic mass is 79.9. The van der Waals surface area contributed by atoms with Gasteiger partial charge < -0.3 is 11.1 Å². The van der Waals surface area contributed by atoms with Gasteiger partial charge in [0.1, 0.15) is 0 Å². The Morgan fingerprint density at radius 2 is 2.16 bits per heavy atom. The Labute approximate surface area is 122 Å². The Morgan fingerprint density at radius 3 is 2.89 bits per heavy atom. The van der Waals surface area contributed by atoms with Crippen LogP contribution in [0, 0.1) is 5.92 Å². The molecule has 0 heterocycles. The van der Waals surface area contributed by atoms with Crippen LogP contribution in [0.4, 0.5) is 0 Å². The number of hydrogen-bond donors (Lipinski definition) is 2. The molecule has 1 aromatic rings. The Hall–Kier alpha value is -0.870. The fourth-order valence-electron chi connectivity index (χ4n) is 3.30. The van der Waals surface area contributed by atoms with Gasteiger partial charge in [0, 0.05) is 16.4 Å². The van der Waals surface area contributed by atoms with E-state index in [4.69, 9.17) is 5.73 Å². The predicted molar refractivity (Wildman–Crippen MR) is 78.7 cm³/mol. The van der Waals surface area contributed by atoms with E-state index in [1.54, 1.807) is 0 Å². The van der Waals surface area contributed by atoms with Gasteiger partial charge in [-0.1, -0.05) is 28.1 Å². The van der Waals surface area contributed by atoms with Crippen LogP contribution >= 0.6 is 15.9 Å². The van der Waals surface area contributed by atoms with Crippen molar-refractivity contribution in [3.8, 4) is 0 Å². The molecule has 2 aliphatic carbocycles. The Balaban J connectivity index is 1.70. The molecule has 0 spiro atoms. The fourth-order valence-corrected chi connectivity index (χ4v) is 3.88. The lowest BCUT2D eigenvalue weighted by molar-refractivity contribution is -0.125. The van der Waals surface area contributed by atoms with Crippen LogP contribution < -0.4 is 11.1 Å². The zero-order valence-electron chi connectivity index (χ0n) is 10.9. The standard InChI is InChI=1S/C15H19BrN2O/c16-13-3-1-2-12-11(13)6-7-14(12)18-15(19)9-4-5-10(17)8-9/h1-3,9-10,14H,4-8,17H2,(H,18,19). The molecule has 4 heteroatoms. The molecule has 1 fully saturated rings. The van der Waals surface area contributed by atoms with E-state index in [1.165, 1.54) is 11.1 Å². The largest absolute Gasteiger partial charge is 0.349 e. The molecule has 2 aliphatic rings. The molecule has 102 valence electrons. The lowest BCUT2D eigenvalue weighted by Gasteiger charge is -2.17. The summed E-state index contributed by atoms with van der Waals surface area (Å²) in [5.41, 5.74) is 8.49. The van der Waals surface area contributed by atoms with Crippen molar-refractivity contribution < 1.29 is 4.79 Å². The first-order valence-electron chi connectivity index (χ1n) is 6.98. The third-order valence-electron chi connectivity index (χ3n) is 4.37. The van der Waals surface area contributed by atoms with Crippen LogP contribution in [0.5, 0.6) is 0 Å². The number of halogens is 1. The highest BCUT2D eigenvalue weighted by Crippen LogP contribution is 2.36. The number of nitrogens with one attached hydrogen (secondary N) is 1. The van der Waals surface area contributed by atoms with Gasteiger partial charge in [-0.2, -0.15) is 0 Å². The number of fused-ring (bicyclic) bond motifs is 1. The maximum Gasteiger partial charge on any atom is 0.223 e. The SMILES string of the molecule is NC1CCC(C(=O)NC2CCc3c(Br)cccc32)C1. The number of benzene rings is 1. The fraction of sp³-hybridized carbons (Fsp3) is 0.533. The summed E-state index contributed by atoms with van der Waals surface area (Å²) >= 11 is 3.59. The van der Waals surface area contributed by atoms with E-state index in [0.29, 0.717) is 0 Å². The maximum absolute atomic E-state index is 12.3. The van der Waals surface area contributed by atoms with Gasteiger partial charge in [-0.15, -0.1) is 0 Å². The monoisotopic (exact) mass is 322 g/mol. The van der Waals surface area contributed by atoms with Gasteiger partial charge in [-0.3, -0.25) is 4.79 Å². The van der Waals surface area contributed by atoms with E-state index < -0.39 is 0 Å². The summed E-state index contributed by atoms with van der Waals surface area (Å²) in [6, 6.07) is 6.62. The lowest BCUT2D eigenvalue weighted by atomic mass is 10.0. The Morgan fingerprint density at radius 1 is 1.32 bits per heavy atom. The number of carbonyl (C=O) groups excluding carboxylic acids is 1. The van der Waals surface area contributed by atoms with Gasteiger partial charge in [0.15, 0.2) is 0 Å². The molecule has 3 N–H and O–H groups in total. The van der Waals surface area contributed by atoms with Crippen LogP contribution in [0.15, 0.2) is 22.7 Å². The van der Waals surface area contributed by atoms with Crippen LogP contribution in [0.3, 0.4) is 0 Å². The van der Waals surface area contributed by atoms with Crippen molar-refractivity contribution in [2.75, 3.05) is 0 Å². The summed E-state index contributed by atoms with van der Waals surface area (Å²) in [5, 5.41) is 3.21. The Kier molecular flexibility index (Phi) is 3.63. The molecule has 19 heavy (non-hydrogen) atoms. The van der Waals surface area contributed by atoms with Crippen LogP contribution in [-0.4, -0.2) is 11.9 Å². The van der Waals surface area contributed by atoms with Crippen molar-refractivity contribution in [3.63, 3.8) is 0 Å². The smallest absolute Gasteiger partial charge is 0.223 e. The van der Waals surface area contributed by atoms with E-state index in [-0.39, 0.29) is 23.9 Å². The predicted octanol–water partition coefficient (Wildman–Crippen LogP) is 2.68. The molecule has 0 radical (unpaired) electrons. The molecule has 3 unspecified atom stereocenters. The normalized spacial score (nSPS) is 29.3. The van der Waals surface area contributed by atoms with Crippen molar-refractivity contribution >= 4 is 21.8 Å². The number of rotatable bonds is 2. The minimum atomic E-state index is 0.117. The molecule has 1 saturated carbocycles. The number of amides is 1. The zero-order valence-corrected chi connectivity index (χ0v) is 12.4. The van der Waals surface area contributed by atoms with Crippen molar-refractivity contribution in [1.29, 1.82) is 0 Å². The van der Waals surface area contributed by atoms with E-state index in [9.17, 15) is 4.79 Å². The van der Waals surface area contributed by atoms with Crippen molar-refractivity contribution in [2.45, 2.75) is 44.2 Å². The maximum atomic E-state index is 12.3. The molecule has 0 saturated heterocycles. The number of hydrogen-bond acceptors (Lipinski definition) is 2. The summed E-state index contributed by atoms with van der Waals surface area (Å²) in [7, 11) is 0. The highest BCUT2D eigenvalue weighted by Gasteiger charge is 2.31. The molecular weight excluding hydrogens is 304 g/mol. The van der Waals surface area contributed by atoms with E-state index in [2.05, 4.69) is 33.4 Å². The Bertz CT molecular complexity index is 503. The van der Waals surface area contributed by atoms with E-state index >= 15 is 0 Å². The van der Waals surface area contributed by atoms with Gasteiger partial charge in [-0.05, 0) is 49.3 Å². The van der Waals surface area contributed by atoms with Gasteiger partial charge in [0.05, 0.1) is 6.04 Å². The first-order valence-corrected chi connectivity index (χ1v) is 7.77.